The number of amides is 1. The molecule has 0 bridgehead atoms. The highest BCUT2D eigenvalue weighted by Crippen LogP contribution is 2.33. The lowest BCUT2D eigenvalue weighted by molar-refractivity contribution is 0.0152. The summed E-state index contributed by atoms with van der Waals surface area (Å²) in [5.74, 6) is 2.16. The van der Waals surface area contributed by atoms with Gasteiger partial charge in [0.15, 0.2) is 5.69 Å². The van der Waals surface area contributed by atoms with Crippen molar-refractivity contribution in [3.8, 4) is 6.07 Å². The average molecular weight is 371 g/mol. The molecule has 7 heteroatoms. The van der Waals surface area contributed by atoms with E-state index in [-0.39, 0.29) is 6.09 Å². The van der Waals surface area contributed by atoms with Gasteiger partial charge >= 0.3 is 6.09 Å². The van der Waals surface area contributed by atoms with Crippen molar-refractivity contribution in [2.45, 2.75) is 52.1 Å². The zero-order chi connectivity index (χ0) is 19.4. The number of hydrogen-bond donors (Lipinski definition) is 0. The van der Waals surface area contributed by atoms with Gasteiger partial charge in [-0.15, -0.1) is 0 Å². The summed E-state index contributed by atoms with van der Waals surface area (Å²) in [5, 5.41) is 8.99. The first-order chi connectivity index (χ1) is 12.9. The van der Waals surface area contributed by atoms with Gasteiger partial charge in [-0.25, -0.2) is 9.78 Å². The quantitative estimate of drug-likeness (QED) is 0.794. The molecule has 1 amide bonds. The van der Waals surface area contributed by atoms with Crippen LogP contribution in [0.3, 0.4) is 0 Å². The van der Waals surface area contributed by atoms with Gasteiger partial charge in [-0.1, -0.05) is 0 Å². The Bertz CT molecular complexity index is 693. The predicted octanol–water partition coefficient (Wildman–Crippen LogP) is 3.21. The van der Waals surface area contributed by atoms with Crippen molar-refractivity contribution in [3.05, 3.63) is 18.1 Å². The van der Waals surface area contributed by atoms with Crippen molar-refractivity contribution < 1.29 is 9.53 Å². The molecule has 3 heterocycles. The second-order valence-electron chi connectivity index (χ2n) is 8.50. The van der Waals surface area contributed by atoms with E-state index in [1.54, 1.807) is 6.20 Å². The molecule has 2 aliphatic rings. The first-order valence-corrected chi connectivity index (χ1v) is 9.81. The van der Waals surface area contributed by atoms with Crippen LogP contribution in [0.4, 0.5) is 10.6 Å². The molecule has 1 aromatic rings. The molecular weight excluding hydrogens is 342 g/mol. The fraction of sp³-hybridized carbons (Fsp3) is 0.700. The van der Waals surface area contributed by atoms with Gasteiger partial charge in [0.05, 0.1) is 12.4 Å². The molecule has 0 unspecified atom stereocenters. The lowest BCUT2D eigenvalue weighted by Gasteiger charge is -2.40. The molecule has 0 saturated carbocycles. The van der Waals surface area contributed by atoms with Crippen molar-refractivity contribution in [1.29, 1.82) is 5.26 Å². The minimum atomic E-state index is -0.438. The molecule has 2 saturated heterocycles. The molecule has 2 aliphatic heterocycles. The molecule has 7 nitrogen and oxygen atoms in total. The van der Waals surface area contributed by atoms with E-state index in [4.69, 9.17) is 10.00 Å². The van der Waals surface area contributed by atoms with Gasteiger partial charge in [0.2, 0.25) is 0 Å². The minimum Gasteiger partial charge on any atom is -0.444 e. The molecule has 0 aromatic carbocycles. The number of ether oxygens (including phenoxy) is 1. The molecule has 1 aromatic heterocycles. The number of likely N-dealkylation sites (tertiary alicyclic amines) is 1. The third kappa shape index (κ3) is 5.09. The van der Waals surface area contributed by atoms with Crippen molar-refractivity contribution in [3.63, 3.8) is 0 Å². The van der Waals surface area contributed by atoms with E-state index in [9.17, 15) is 4.79 Å². The highest BCUT2D eigenvalue weighted by atomic mass is 16.6. The van der Waals surface area contributed by atoms with E-state index in [1.807, 2.05) is 25.7 Å². The molecule has 2 fully saturated rings. The third-order valence-electron chi connectivity index (χ3n) is 5.46. The zero-order valence-corrected chi connectivity index (χ0v) is 16.5. The first kappa shape index (κ1) is 19.4. The lowest BCUT2D eigenvalue weighted by atomic mass is 9.79. The van der Waals surface area contributed by atoms with Crippen LogP contribution in [0.2, 0.25) is 0 Å². The summed E-state index contributed by atoms with van der Waals surface area (Å²) in [6, 6.07) is 2.05. The standard InChI is InChI=1S/C20H29N5O2/c1-20(2,3)27-19(26)25-10-6-16(7-11-25)15-4-8-24(9-5-15)18-14-22-13-17(12-21)23-18/h13-16H,4-11H2,1-3H3. The number of nitrogens with zero attached hydrogens (tertiary/aromatic N) is 5. The number of nitriles is 1. The summed E-state index contributed by atoms with van der Waals surface area (Å²) in [5.41, 5.74) is -0.0731. The van der Waals surface area contributed by atoms with E-state index < -0.39 is 5.60 Å². The topological polar surface area (TPSA) is 82.4 Å². The van der Waals surface area contributed by atoms with Crippen LogP contribution in [0, 0.1) is 23.2 Å². The number of carbonyl (C=O) groups excluding carboxylic acids is 1. The Labute approximate surface area is 161 Å². The molecule has 0 N–H and O–H groups in total. The Morgan fingerprint density at radius 2 is 1.70 bits per heavy atom. The van der Waals surface area contributed by atoms with Gasteiger partial charge in [0, 0.05) is 26.2 Å². The van der Waals surface area contributed by atoms with Gasteiger partial charge in [0.1, 0.15) is 17.5 Å². The maximum Gasteiger partial charge on any atom is 0.410 e. The second kappa shape index (κ2) is 8.12. The smallest absolute Gasteiger partial charge is 0.410 e. The highest BCUT2D eigenvalue weighted by molar-refractivity contribution is 5.68. The van der Waals surface area contributed by atoms with Crippen LogP contribution in [-0.2, 0) is 4.74 Å². The number of rotatable bonds is 2. The fourth-order valence-electron chi connectivity index (χ4n) is 4.04. The van der Waals surface area contributed by atoms with Gasteiger partial charge in [-0.05, 0) is 58.3 Å². The summed E-state index contributed by atoms with van der Waals surface area (Å²) in [7, 11) is 0. The normalized spacial score (nSPS) is 19.6. The maximum atomic E-state index is 12.2. The summed E-state index contributed by atoms with van der Waals surface area (Å²) in [6.45, 7) is 9.18. The van der Waals surface area contributed by atoms with E-state index in [0.29, 0.717) is 17.5 Å². The SMILES string of the molecule is CC(C)(C)OC(=O)N1CCC(C2CCN(c3cncc(C#N)n3)CC2)CC1. The van der Waals surface area contributed by atoms with E-state index >= 15 is 0 Å². The molecule has 0 radical (unpaired) electrons. The zero-order valence-electron chi connectivity index (χ0n) is 16.5. The van der Waals surface area contributed by atoms with Crippen LogP contribution in [0.1, 0.15) is 52.1 Å². The monoisotopic (exact) mass is 371 g/mol. The van der Waals surface area contributed by atoms with Gasteiger partial charge in [-0.3, -0.25) is 4.98 Å². The molecule has 0 aliphatic carbocycles. The number of piperidine rings is 2. The van der Waals surface area contributed by atoms with Crippen molar-refractivity contribution in [1.82, 2.24) is 14.9 Å². The maximum absolute atomic E-state index is 12.2. The Kier molecular flexibility index (Phi) is 5.83. The minimum absolute atomic E-state index is 0.188. The number of hydrogen-bond acceptors (Lipinski definition) is 6. The van der Waals surface area contributed by atoms with Gasteiger partial charge < -0.3 is 14.5 Å². The van der Waals surface area contributed by atoms with Crippen LogP contribution in [0.15, 0.2) is 12.4 Å². The molecule has 3 rings (SSSR count). The second-order valence-corrected chi connectivity index (χ2v) is 8.50. The Balaban J connectivity index is 1.47. The molecule has 27 heavy (non-hydrogen) atoms. The molecule has 0 spiro atoms. The van der Waals surface area contributed by atoms with Crippen molar-refractivity contribution in [2.24, 2.45) is 11.8 Å². The van der Waals surface area contributed by atoms with E-state index in [2.05, 4.69) is 20.9 Å². The molecule has 146 valence electrons. The predicted molar refractivity (Wildman–Crippen MR) is 102 cm³/mol. The highest BCUT2D eigenvalue weighted by Gasteiger charge is 2.32. The largest absolute Gasteiger partial charge is 0.444 e. The fourth-order valence-corrected chi connectivity index (χ4v) is 4.04. The van der Waals surface area contributed by atoms with Crippen LogP contribution in [0.25, 0.3) is 0 Å². The summed E-state index contributed by atoms with van der Waals surface area (Å²) < 4.78 is 5.48. The number of aromatic nitrogens is 2. The van der Waals surface area contributed by atoms with Gasteiger partial charge in [0.25, 0.3) is 0 Å². The summed E-state index contributed by atoms with van der Waals surface area (Å²) >= 11 is 0. The first-order valence-electron chi connectivity index (χ1n) is 9.81. The Morgan fingerprint density at radius 3 is 2.26 bits per heavy atom. The van der Waals surface area contributed by atoms with Crippen LogP contribution < -0.4 is 4.90 Å². The molecule has 0 atom stereocenters. The van der Waals surface area contributed by atoms with Crippen molar-refractivity contribution in [2.75, 3.05) is 31.1 Å². The Morgan fingerprint density at radius 1 is 1.11 bits per heavy atom. The van der Waals surface area contributed by atoms with Crippen LogP contribution in [-0.4, -0.2) is 52.7 Å². The Hall–Kier alpha value is -2.36. The average Bonchev–Trinajstić information content (AvgIpc) is 2.67. The summed E-state index contributed by atoms with van der Waals surface area (Å²) in [6.07, 6.45) is 7.38. The van der Waals surface area contributed by atoms with E-state index in [0.717, 1.165) is 57.7 Å². The van der Waals surface area contributed by atoms with Gasteiger partial charge in [-0.2, -0.15) is 5.26 Å². The van der Waals surface area contributed by atoms with Crippen molar-refractivity contribution >= 4 is 11.9 Å². The van der Waals surface area contributed by atoms with Crippen LogP contribution in [0.5, 0.6) is 0 Å². The van der Waals surface area contributed by atoms with E-state index in [1.165, 1.54) is 6.20 Å². The lowest BCUT2D eigenvalue weighted by Crippen LogP contribution is -2.44. The third-order valence-corrected chi connectivity index (χ3v) is 5.46. The van der Waals surface area contributed by atoms with Crippen LogP contribution >= 0.6 is 0 Å². The number of anilines is 1. The molecular formula is C20H29N5O2. The summed E-state index contributed by atoms with van der Waals surface area (Å²) in [4.78, 5) is 24.7. The number of carbonyl (C=O) groups is 1.